The van der Waals surface area contributed by atoms with E-state index in [1.165, 1.54) is 7.11 Å². The van der Waals surface area contributed by atoms with E-state index in [-0.39, 0.29) is 30.9 Å². The van der Waals surface area contributed by atoms with Crippen LogP contribution in [0, 0.1) is 5.92 Å². The molecule has 1 aromatic heterocycles. The molecule has 0 spiro atoms. The Bertz CT molecular complexity index is 680. The Morgan fingerprint density at radius 3 is 2.44 bits per heavy atom. The first-order valence-corrected chi connectivity index (χ1v) is 8.99. The van der Waals surface area contributed by atoms with Crippen molar-refractivity contribution < 1.29 is 19.1 Å². The van der Waals surface area contributed by atoms with Crippen molar-refractivity contribution in [1.29, 1.82) is 0 Å². The molecule has 5 nitrogen and oxygen atoms in total. The minimum Gasteiger partial charge on any atom is -0.484 e. The van der Waals surface area contributed by atoms with E-state index in [0.29, 0.717) is 11.7 Å². The van der Waals surface area contributed by atoms with Crippen molar-refractivity contribution >= 4 is 23.2 Å². The van der Waals surface area contributed by atoms with Crippen LogP contribution < -0.4 is 10.1 Å². The molecule has 1 amide bonds. The highest BCUT2D eigenvalue weighted by Gasteiger charge is 2.19. The third-order valence-corrected chi connectivity index (χ3v) is 4.66. The molecule has 1 unspecified atom stereocenters. The minimum absolute atomic E-state index is 0.0152. The van der Waals surface area contributed by atoms with E-state index >= 15 is 0 Å². The second-order valence-electron chi connectivity index (χ2n) is 5.99. The lowest BCUT2D eigenvalue weighted by atomic mass is 10.0. The van der Waals surface area contributed by atoms with Gasteiger partial charge in [-0.25, -0.2) is 0 Å². The summed E-state index contributed by atoms with van der Waals surface area (Å²) in [6.07, 6.45) is 0.216. The molecule has 1 heterocycles. The van der Waals surface area contributed by atoms with Crippen LogP contribution >= 0.6 is 11.3 Å². The van der Waals surface area contributed by atoms with E-state index in [1.807, 2.05) is 17.5 Å². The van der Waals surface area contributed by atoms with Crippen LogP contribution in [0.25, 0.3) is 0 Å². The molecule has 25 heavy (non-hydrogen) atoms. The molecule has 0 aliphatic carbocycles. The summed E-state index contributed by atoms with van der Waals surface area (Å²) in [5, 5.41) is 5.02. The fraction of sp³-hybridized carbons (Fsp3) is 0.368. The second kappa shape index (κ2) is 9.22. The number of carbonyl (C=O) groups excluding carboxylic acids is 2. The van der Waals surface area contributed by atoms with Gasteiger partial charge < -0.3 is 14.8 Å². The predicted octanol–water partition coefficient (Wildman–Crippen LogP) is 3.36. The molecule has 0 fully saturated rings. The largest absolute Gasteiger partial charge is 0.484 e. The summed E-state index contributed by atoms with van der Waals surface area (Å²) in [6, 6.07) is 11.0. The molecule has 2 rings (SSSR count). The van der Waals surface area contributed by atoms with Gasteiger partial charge in [-0.2, -0.15) is 0 Å². The van der Waals surface area contributed by atoms with Crippen LogP contribution in [0.2, 0.25) is 0 Å². The number of methoxy groups -OCH3 is 1. The Morgan fingerprint density at radius 1 is 1.16 bits per heavy atom. The summed E-state index contributed by atoms with van der Waals surface area (Å²) in [5.41, 5.74) is 0.834. The molecule has 0 bridgehead atoms. The monoisotopic (exact) mass is 361 g/mol. The topological polar surface area (TPSA) is 64.6 Å². The first kappa shape index (κ1) is 19.0. The number of ether oxygens (including phenoxy) is 2. The Morgan fingerprint density at radius 2 is 1.88 bits per heavy atom. The van der Waals surface area contributed by atoms with Gasteiger partial charge in [0.05, 0.1) is 19.6 Å². The molecule has 0 aliphatic heterocycles. The fourth-order valence-electron chi connectivity index (χ4n) is 2.34. The number of thiophene rings is 1. The van der Waals surface area contributed by atoms with Gasteiger partial charge in [-0.05, 0) is 35.1 Å². The number of carbonyl (C=O) groups is 2. The minimum atomic E-state index is -0.290. The van der Waals surface area contributed by atoms with Crippen molar-refractivity contribution in [3.05, 3.63) is 52.2 Å². The van der Waals surface area contributed by atoms with Gasteiger partial charge >= 0.3 is 5.97 Å². The van der Waals surface area contributed by atoms with Crippen molar-refractivity contribution in [1.82, 2.24) is 5.32 Å². The Hall–Kier alpha value is -2.34. The van der Waals surface area contributed by atoms with Crippen molar-refractivity contribution in [2.24, 2.45) is 5.92 Å². The maximum absolute atomic E-state index is 12.2. The van der Waals surface area contributed by atoms with Gasteiger partial charge in [0, 0.05) is 4.88 Å². The second-order valence-corrected chi connectivity index (χ2v) is 6.97. The van der Waals surface area contributed by atoms with E-state index in [4.69, 9.17) is 4.74 Å². The summed E-state index contributed by atoms with van der Waals surface area (Å²) >= 11 is 1.63. The van der Waals surface area contributed by atoms with Crippen LogP contribution in [-0.2, 0) is 20.7 Å². The van der Waals surface area contributed by atoms with E-state index < -0.39 is 0 Å². The first-order chi connectivity index (χ1) is 12.0. The quantitative estimate of drug-likeness (QED) is 0.732. The molecular formula is C19H23NO4S. The molecule has 1 aromatic carbocycles. The summed E-state index contributed by atoms with van der Waals surface area (Å²) in [7, 11) is 1.36. The van der Waals surface area contributed by atoms with Crippen molar-refractivity contribution in [2.45, 2.75) is 26.3 Å². The SMILES string of the molecule is COC(=O)Cc1ccc(OCC(=O)NC(c2cccs2)C(C)C)cc1. The van der Waals surface area contributed by atoms with Crippen LogP contribution in [0.4, 0.5) is 0 Å². The smallest absolute Gasteiger partial charge is 0.309 e. The van der Waals surface area contributed by atoms with Gasteiger partial charge in [0.1, 0.15) is 5.75 Å². The Balaban J connectivity index is 1.86. The summed E-state index contributed by atoms with van der Waals surface area (Å²) in [6.45, 7) is 4.10. The lowest BCUT2D eigenvalue weighted by Crippen LogP contribution is -2.34. The number of esters is 1. The zero-order chi connectivity index (χ0) is 18.2. The molecule has 0 radical (unpaired) electrons. The van der Waals surface area contributed by atoms with Gasteiger partial charge in [-0.15, -0.1) is 11.3 Å². The average molecular weight is 361 g/mol. The fourth-order valence-corrected chi connectivity index (χ4v) is 3.29. The number of benzene rings is 1. The van der Waals surface area contributed by atoms with Crippen LogP contribution in [0.5, 0.6) is 5.75 Å². The van der Waals surface area contributed by atoms with Crippen molar-refractivity contribution in [3.8, 4) is 5.75 Å². The van der Waals surface area contributed by atoms with Crippen LogP contribution in [0.1, 0.15) is 30.3 Å². The van der Waals surface area contributed by atoms with E-state index in [9.17, 15) is 9.59 Å². The lowest BCUT2D eigenvalue weighted by molar-refractivity contribution is -0.139. The van der Waals surface area contributed by atoms with Crippen LogP contribution in [0.3, 0.4) is 0 Å². The molecular weight excluding hydrogens is 338 g/mol. The number of hydrogen-bond donors (Lipinski definition) is 1. The molecule has 0 aliphatic rings. The zero-order valence-electron chi connectivity index (χ0n) is 14.7. The molecule has 1 atom stereocenters. The molecule has 0 saturated heterocycles. The highest BCUT2D eigenvalue weighted by Crippen LogP contribution is 2.25. The average Bonchev–Trinajstić information content (AvgIpc) is 3.12. The Labute approximate surface area is 152 Å². The maximum atomic E-state index is 12.2. The molecule has 6 heteroatoms. The molecule has 1 N–H and O–H groups in total. The predicted molar refractivity (Wildman–Crippen MR) is 97.7 cm³/mol. The maximum Gasteiger partial charge on any atom is 0.309 e. The zero-order valence-corrected chi connectivity index (χ0v) is 15.5. The normalized spacial score (nSPS) is 11.8. The van der Waals surface area contributed by atoms with Crippen LogP contribution in [-0.4, -0.2) is 25.6 Å². The number of rotatable bonds is 8. The van der Waals surface area contributed by atoms with Crippen LogP contribution in [0.15, 0.2) is 41.8 Å². The summed E-state index contributed by atoms with van der Waals surface area (Å²) < 4.78 is 10.2. The molecule has 0 saturated carbocycles. The number of hydrogen-bond acceptors (Lipinski definition) is 5. The van der Waals surface area contributed by atoms with Gasteiger partial charge in [-0.1, -0.05) is 32.0 Å². The molecule has 2 aromatic rings. The lowest BCUT2D eigenvalue weighted by Gasteiger charge is -2.21. The molecule has 134 valence electrons. The van der Waals surface area contributed by atoms with E-state index in [2.05, 4.69) is 23.9 Å². The summed E-state index contributed by atoms with van der Waals surface area (Å²) in [4.78, 5) is 24.6. The van der Waals surface area contributed by atoms with Crippen molar-refractivity contribution in [3.63, 3.8) is 0 Å². The van der Waals surface area contributed by atoms with Gasteiger partial charge in [-0.3, -0.25) is 9.59 Å². The van der Waals surface area contributed by atoms with Gasteiger partial charge in [0.2, 0.25) is 0 Å². The standard InChI is InChI=1S/C19H23NO4S/c1-13(2)19(16-5-4-10-25-16)20-17(21)12-24-15-8-6-14(7-9-15)11-18(22)23-3/h4-10,13,19H,11-12H2,1-3H3,(H,20,21). The highest BCUT2D eigenvalue weighted by molar-refractivity contribution is 7.10. The first-order valence-electron chi connectivity index (χ1n) is 8.11. The Kier molecular flexibility index (Phi) is 7.01. The van der Waals surface area contributed by atoms with Gasteiger partial charge in [0.15, 0.2) is 6.61 Å². The highest BCUT2D eigenvalue weighted by atomic mass is 32.1. The van der Waals surface area contributed by atoms with Gasteiger partial charge in [0.25, 0.3) is 5.91 Å². The third-order valence-electron chi connectivity index (χ3n) is 3.70. The third kappa shape index (κ3) is 5.90. The number of amides is 1. The van der Waals surface area contributed by atoms with Crippen molar-refractivity contribution in [2.75, 3.05) is 13.7 Å². The summed E-state index contributed by atoms with van der Waals surface area (Å²) in [5.74, 6) is 0.424. The number of nitrogens with one attached hydrogen (secondary N) is 1. The van der Waals surface area contributed by atoms with E-state index in [1.54, 1.807) is 35.6 Å². The van der Waals surface area contributed by atoms with E-state index in [0.717, 1.165) is 10.4 Å².